The molecular formula is C14H22N2O. The van der Waals surface area contributed by atoms with Crippen molar-refractivity contribution in [2.75, 3.05) is 13.1 Å². The number of nitrogens with zero attached hydrogens (tertiary/aromatic N) is 1. The lowest BCUT2D eigenvalue weighted by atomic mass is 10.1. The molecule has 0 saturated carbocycles. The lowest BCUT2D eigenvalue weighted by Crippen LogP contribution is -2.41. The predicted octanol–water partition coefficient (Wildman–Crippen LogP) is 1.96. The Balaban J connectivity index is 2.10. The van der Waals surface area contributed by atoms with Gasteiger partial charge in [-0.05, 0) is 32.9 Å². The van der Waals surface area contributed by atoms with Crippen LogP contribution >= 0.6 is 0 Å². The normalized spacial score (nSPS) is 20.4. The quantitative estimate of drug-likeness (QED) is 0.836. The zero-order valence-corrected chi connectivity index (χ0v) is 10.7. The fourth-order valence-corrected chi connectivity index (χ4v) is 2.50. The molecule has 1 aliphatic heterocycles. The number of rotatable bonds is 4. The van der Waals surface area contributed by atoms with Crippen LogP contribution in [-0.4, -0.2) is 35.2 Å². The zero-order chi connectivity index (χ0) is 12.3. The maximum atomic E-state index is 9.84. The van der Waals surface area contributed by atoms with Crippen LogP contribution in [0.4, 0.5) is 0 Å². The van der Waals surface area contributed by atoms with Crippen LogP contribution in [0.5, 0.6) is 5.75 Å². The molecule has 3 nitrogen and oxygen atoms in total. The summed E-state index contributed by atoms with van der Waals surface area (Å²) >= 11 is 0. The van der Waals surface area contributed by atoms with E-state index in [0.717, 1.165) is 25.2 Å². The highest BCUT2D eigenvalue weighted by Crippen LogP contribution is 2.22. The van der Waals surface area contributed by atoms with Gasteiger partial charge in [0.15, 0.2) is 0 Å². The Kier molecular flexibility index (Phi) is 4.02. The lowest BCUT2D eigenvalue weighted by molar-refractivity contribution is 0.153. The highest BCUT2D eigenvalue weighted by Gasteiger charge is 2.24. The fraction of sp³-hybridized carbons (Fsp3) is 0.571. The second kappa shape index (κ2) is 5.52. The number of para-hydroxylation sites is 1. The molecule has 1 fully saturated rings. The predicted molar refractivity (Wildman–Crippen MR) is 70.1 cm³/mol. The lowest BCUT2D eigenvalue weighted by Gasteiger charge is -2.32. The molecule has 0 aliphatic carbocycles. The number of hydrogen-bond donors (Lipinski definition) is 2. The number of nitrogens with one attached hydrogen (secondary N) is 1. The van der Waals surface area contributed by atoms with Gasteiger partial charge in [-0.25, -0.2) is 0 Å². The smallest absolute Gasteiger partial charge is 0.120 e. The Morgan fingerprint density at radius 3 is 2.76 bits per heavy atom. The van der Waals surface area contributed by atoms with Crippen molar-refractivity contribution in [1.29, 1.82) is 0 Å². The van der Waals surface area contributed by atoms with Gasteiger partial charge in [-0.1, -0.05) is 18.2 Å². The fourth-order valence-electron chi connectivity index (χ4n) is 2.50. The van der Waals surface area contributed by atoms with E-state index in [-0.39, 0.29) is 0 Å². The Bertz CT molecular complexity index is 359. The third-order valence-corrected chi connectivity index (χ3v) is 3.51. The van der Waals surface area contributed by atoms with E-state index >= 15 is 0 Å². The topological polar surface area (TPSA) is 35.5 Å². The minimum Gasteiger partial charge on any atom is -0.508 e. The van der Waals surface area contributed by atoms with Crippen molar-refractivity contribution in [3.8, 4) is 5.75 Å². The summed E-state index contributed by atoms with van der Waals surface area (Å²) in [5.74, 6) is 0.407. The number of phenolic OH excluding ortho intramolecular Hbond substituents is 1. The van der Waals surface area contributed by atoms with Gasteiger partial charge in [-0.2, -0.15) is 0 Å². The zero-order valence-electron chi connectivity index (χ0n) is 10.7. The summed E-state index contributed by atoms with van der Waals surface area (Å²) in [4.78, 5) is 2.47. The van der Waals surface area contributed by atoms with Gasteiger partial charge in [0.2, 0.25) is 0 Å². The van der Waals surface area contributed by atoms with Crippen LogP contribution in [0.2, 0.25) is 0 Å². The van der Waals surface area contributed by atoms with Gasteiger partial charge in [-0.15, -0.1) is 0 Å². The molecule has 1 heterocycles. The van der Waals surface area contributed by atoms with Crippen LogP contribution in [0.3, 0.4) is 0 Å². The first-order valence-corrected chi connectivity index (χ1v) is 6.42. The van der Waals surface area contributed by atoms with Gasteiger partial charge in [0.05, 0.1) is 0 Å². The van der Waals surface area contributed by atoms with Crippen molar-refractivity contribution in [3.05, 3.63) is 29.8 Å². The van der Waals surface area contributed by atoms with Crippen LogP contribution in [-0.2, 0) is 6.54 Å². The van der Waals surface area contributed by atoms with Crippen LogP contribution in [0.1, 0.15) is 25.8 Å². The molecule has 0 aromatic heterocycles. The second-order valence-corrected chi connectivity index (χ2v) is 5.04. The summed E-state index contributed by atoms with van der Waals surface area (Å²) in [7, 11) is 0. The molecule has 0 radical (unpaired) electrons. The Morgan fingerprint density at radius 2 is 2.18 bits per heavy atom. The molecule has 1 aromatic carbocycles. The number of aromatic hydroxyl groups is 1. The van der Waals surface area contributed by atoms with Gasteiger partial charge in [0.25, 0.3) is 0 Å². The Hall–Kier alpha value is -1.06. The third-order valence-electron chi connectivity index (χ3n) is 3.51. The summed E-state index contributed by atoms with van der Waals surface area (Å²) < 4.78 is 0. The minimum absolute atomic E-state index is 0.407. The van der Waals surface area contributed by atoms with E-state index < -0.39 is 0 Å². The molecule has 94 valence electrons. The summed E-state index contributed by atoms with van der Waals surface area (Å²) in [5.41, 5.74) is 1.02. The molecular weight excluding hydrogens is 212 g/mol. The SMILES string of the molecule is CC(C)N(Cc1ccccc1O)C1CCNC1. The Morgan fingerprint density at radius 1 is 1.41 bits per heavy atom. The van der Waals surface area contributed by atoms with E-state index in [1.165, 1.54) is 6.42 Å². The van der Waals surface area contributed by atoms with Crippen molar-refractivity contribution in [3.63, 3.8) is 0 Å². The molecule has 3 heteroatoms. The summed E-state index contributed by atoms with van der Waals surface area (Å²) in [5, 5.41) is 13.2. The van der Waals surface area contributed by atoms with E-state index in [1.807, 2.05) is 18.2 Å². The van der Waals surface area contributed by atoms with E-state index in [1.54, 1.807) is 6.07 Å². The molecule has 0 bridgehead atoms. The molecule has 1 unspecified atom stereocenters. The van der Waals surface area contributed by atoms with Crippen molar-refractivity contribution in [1.82, 2.24) is 10.2 Å². The number of phenols is 1. The first kappa shape index (κ1) is 12.4. The molecule has 1 aliphatic rings. The van der Waals surface area contributed by atoms with E-state index in [4.69, 9.17) is 0 Å². The van der Waals surface area contributed by atoms with Crippen LogP contribution in [0, 0.1) is 0 Å². The molecule has 1 saturated heterocycles. The van der Waals surface area contributed by atoms with Gasteiger partial charge < -0.3 is 10.4 Å². The average Bonchev–Trinajstić information content (AvgIpc) is 2.81. The van der Waals surface area contributed by atoms with Crippen molar-refractivity contribution >= 4 is 0 Å². The second-order valence-electron chi connectivity index (χ2n) is 5.04. The highest BCUT2D eigenvalue weighted by atomic mass is 16.3. The third kappa shape index (κ3) is 2.99. The van der Waals surface area contributed by atoms with Gasteiger partial charge in [0, 0.05) is 30.7 Å². The van der Waals surface area contributed by atoms with Crippen LogP contribution in [0.15, 0.2) is 24.3 Å². The van der Waals surface area contributed by atoms with E-state index in [0.29, 0.717) is 17.8 Å². The maximum Gasteiger partial charge on any atom is 0.120 e. The summed E-state index contributed by atoms with van der Waals surface area (Å²) in [6.45, 7) is 7.44. The van der Waals surface area contributed by atoms with E-state index in [9.17, 15) is 5.11 Å². The molecule has 0 amide bonds. The number of benzene rings is 1. The average molecular weight is 234 g/mol. The molecule has 2 rings (SSSR count). The first-order valence-electron chi connectivity index (χ1n) is 6.42. The monoisotopic (exact) mass is 234 g/mol. The molecule has 1 atom stereocenters. The Labute approximate surface area is 103 Å². The van der Waals surface area contributed by atoms with Crippen molar-refractivity contribution < 1.29 is 5.11 Å². The molecule has 1 aromatic rings. The molecule has 0 spiro atoms. The van der Waals surface area contributed by atoms with E-state index in [2.05, 4.69) is 24.1 Å². The van der Waals surface area contributed by atoms with Crippen LogP contribution in [0.25, 0.3) is 0 Å². The maximum absolute atomic E-state index is 9.84. The molecule has 17 heavy (non-hydrogen) atoms. The summed E-state index contributed by atoms with van der Waals surface area (Å²) in [6.07, 6.45) is 1.20. The van der Waals surface area contributed by atoms with Crippen LogP contribution < -0.4 is 5.32 Å². The highest BCUT2D eigenvalue weighted by molar-refractivity contribution is 5.31. The van der Waals surface area contributed by atoms with Gasteiger partial charge in [-0.3, -0.25) is 4.90 Å². The largest absolute Gasteiger partial charge is 0.508 e. The van der Waals surface area contributed by atoms with Gasteiger partial charge >= 0.3 is 0 Å². The van der Waals surface area contributed by atoms with Gasteiger partial charge in [0.1, 0.15) is 5.75 Å². The first-order chi connectivity index (χ1) is 8.18. The standard InChI is InChI=1S/C14H22N2O/c1-11(2)16(13-7-8-15-9-13)10-12-5-3-4-6-14(12)17/h3-6,11,13,15,17H,7-10H2,1-2H3. The summed E-state index contributed by atoms with van der Waals surface area (Å²) in [6, 6.07) is 8.72. The minimum atomic E-state index is 0.407. The molecule has 2 N–H and O–H groups in total. The number of hydrogen-bond acceptors (Lipinski definition) is 3. The van der Waals surface area contributed by atoms with Crippen molar-refractivity contribution in [2.45, 2.75) is 38.9 Å². The van der Waals surface area contributed by atoms with Crippen molar-refractivity contribution in [2.24, 2.45) is 0 Å².